The lowest BCUT2D eigenvalue weighted by molar-refractivity contribution is -0.133. The van der Waals surface area contributed by atoms with E-state index in [1.165, 1.54) is 12.1 Å². The van der Waals surface area contributed by atoms with Gasteiger partial charge in [0.05, 0.1) is 12.5 Å². The number of benzene rings is 1. The molecule has 1 rings (SSSR count). The summed E-state index contributed by atoms with van der Waals surface area (Å²) >= 11 is 11.6. The first-order chi connectivity index (χ1) is 8.29. The topological polar surface area (TPSA) is 32.3 Å². The van der Waals surface area contributed by atoms with Gasteiger partial charge in [-0.3, -0.25) is 0 Å². The van der Waals surface area contributed by atoms with Crippen LogP contribution in [0.4, 0.5) is 13.2 Å². The summed E-state index contributed by atoms with van der Waals surface area (Å²) in [6, 6.07) is 4.58. The summed E-state index contributed by atoms with van der Waals surface area (Å²) in [7, 11) is 0. The molecule has 0 aliphatic rings. The van der Waals surface area contributed by atoms with Gasteiger partial charge in [0.25, 0.3) is 0 Å². The van der Waals surface area contributed by atoms with Crippen LogP contribution in [-0.4, -0.2) is 24.4 Å². The highest BCUT2D eigenvalue weighted by atomic mass is 35.5. The molecule has 2 N–H and O–H groups in total. The van der Waals surface area contributed by atoms with Crippen LogP contribution in [0.2, 0.25) is 10.0 Å². The van der Waals surface area contributed by atoms with Crippen LogP contribution in [-0.2, 0) is 0 Å². The van der Waals surface area contributed by atoms with Gasteiger partial charge < -0.3 is 10.4 Å². The second-order valence-electron chi connectivity index (χ2n) is 3.75. The Morgan fingerprint density at radius 3 is 2.56 bits per heavy atom. The molecule has 1 aromatic rings. The summed E-state index contributed by atoms with van der Waals surface area (Å²) in [4.78, 5) is 0. The molecule has 0 fully saturated rings. The monoisotopic (exact) mass is 301 g/mol. The van der Waals surface area contributed by atoms with E-state index in [0.29, 0.717) is 15.6 Å². The maximum Gasteiger partial charge on any atom is 0.390 e. The molecule has 0 heterocycles. The highest BCUT2D eigenvalue weighted by molar-refractivity contribution is 6.33. The van der Waals surface area contributed by atoms with E-state index in [-0.39, 0.29) is 13.1 Å². The van der Waals surface area contributed by atoms with Crippen molar-refractivity contribution in [2.75, 3.05) is 13.1 Å². The molecule has 1 unspecified atom stereocenters. The van der Waals surface area contributed by atoms with Crippen molar-refractivity contribution in [3.63, 3.8) is 0 Å². The Morgan fingerprint density at radius 2 is 1.94 bits per heavy atom. The minimum atomic E-state index is -4.20. The minimum Gasteiger partial charge on any atom is -0.387 e. The summed E-state index contributed by atoms with van der Waals surface area (Å²) in [5.74, 6) is 0. The predicted molar refractivity (Wildman–Crippen MR) is 65.0 cm³/mol. The molecule has 7 heteroatoms. The molecular weight excluding hydrogens is 290 g/mol. The molecule has 0 bridgehead atoms. The summed E-state index contributed by atoms with van der Waals surface area (Å²) in [5.41, 5.74) is 0.392. The van der Waals surface area contributed by atoms with E-state index >= 15 is 0 Å². The zero-order chi connectivity index (χ0) is 13.8. The normalized spacial score (nSPS) is 13.7. The first kappa shape index (κ1) is 15.6. The zero-order valence-electron chi connectivity index (χ0n) is 9.27. The largest absolute Gasteiger partial charge is 0.390 e. The zero-order valence-corrected chi connectivity index (χ0v) is 10.8. The highest BCUT2D eigenvalue weighted by Gasteiger charge is 2.26. The van der Waals surface area contributed by atoms with Crippen LogP contribution in [0.5, 0.6) is 0 Å². The fourth-order valence-corrected chi connectivity index (χ4v) is 1.77. The molecule has 0 amide bonds. The lowest BCUT2D eigenvalue weighted by Crippen LogP contribution is -2.26. The maximum atomic E-state index is 11.9. The number of alkyl halides is 3. The van der Waals surface area contributed by atoms with Gasteiger partial charge in [0.2, 0.25) is 0 Å². The van der Waals surface area contributed by atoms with Gasteiger partial charge in [-0.25, -0.2) is 0 Å². The van der Waals surface area contributed by atoms with Crippen molar-refractivity contribution >= 4 is 23.2 Å². The van der Waals surface area contributed by atoms with E-state index in [0.717, 1.165) is 0 Å². The van der Waals surface area contributed by atoms with Crippen molar-refractivity contribution in [1.29, 1.82) is 0 Å². The molecule has 0 saturated carbocycles. The Labute approximate surface area is 113 Å². The summed E-state index contributed by atoms with van der Waals surface area (Å²) in [6.45, 7) is -0.269. The summed E-state index contributed by atoms with van der Waals surface area (Å²) in [6.07, 6.45) is -6.14. The first-order valence-corrected chi connectivity index (χ1v) is 5.95. The third kappa shape index (κ3) is 5.44. The molecule has 0 saturated heterocycles. The van der Waals surface area contributed by atoms with Crippen molar-refractivity contribution in [2.45, 2.75) is 18.7 Å². The molecule has 102 valence electrons. The number of aliphatic hydroxyl groups excluding tert-OH is 1. The van der Waals surface area contributed by atoms with Crippen LogP contribution in [0.25, 0.3) is 0 Å². The van der Waals surface area contributed by atoms with E-state index in [2.05, 4.69) is 5.32 Å². The van der Waals surface area contributed by atoms with E-state index in [9.17, 15) is 18.3 Å². The van der Waals surface area contributed by atoms with Crippen molar-refractivity contribution in [3.8, 4) is 0 Å². The average Bonchev–Trinajstić information content (AvgIpc) is 2.26. The molecular formula is C11H12Cl2F3NO. The predicted octanol–water partition coefficient (Wildman–Crippen LogP) is 3.57. The van der Waals surface area contributed by atoms with E-state index < -0.39 is 18.7 Å². The van der Waals surface area contributed by atoms with Gasteiger partial charge in [0.1, 0.15) is 0 Å². The Hall–Kier alpha value is -0.490. The number of halogens is 5. The third-order valence-corrected chi connectivity index (χ3v) is 2.82. The number of rotatable bonds is 5. The third-order valence-electron chi connectivity index (χ3n) is 2.24. The van der Waals surface area contributed by atoms with Gasteiger partial charge in [-0.05, 0) is 18.2 Å². The van der Waals surface area contributed by atoms with Crippen LogP contribution in [0.3, 0.4) is 0 Å². The molecule has 0 radical (unpaired) electrons. The minimum absolute atomic E-state index is 0.0177. The van der Waals surface area contributed by atoms with Gasteiger partial charge in [0.15, 0.2) is 0 Å². The lowest BCUT2D eigenvalue weighted by atomic mass is 10.1. The van der Waals surface area contributed by atoms with Gasteiger partial charge >= 0.3 is 6.18 Å². The fourth-order valence-electron chi connectivity index (χ4n) is 1.35. The van der Waals surface area contributed by atoms with Crippen LogP contribution in [0.15, 0.2) is 18.2 Å². The molecule has 2 nitrogen and oxygen atoms in total. The van der Waals surface area contributed by atoms with Crippen molar-refractivity contribution < 1.29 is 18.3 Å². The first-order valence-electron chi connectivity index (χ1n) is 5.20. The van der Waals surface area contributed by atoms with Gasteiger partial charge in [-0.2, -0.15) is 13.2 Å². The highest BCUT2D eigenvalue weighted by Crippen LogP contribution is 2.26. The number of aliphatic hydroxyl groups is 1. The standard InChI is InChI=1S/C11H12Cl2F3NO/c12-7-1-2-9(13)8(5-7)10(18)6-17-4-3-11(14,15)16/h1-2,5,10,17-18H,3-4,6H2. The second-order valence-corrected chi connectivity index (χ2v) is 4.59. The number of nitrogens with one attached hydrogen (secondary N) is 1. The summed E-state index contributed by atoms with van der Waals surface area (Å²) < 4.78 is 35.6. The van der Waals surface area contributed by atoms with Crippen LogP contribution < -0.4 is 5.32 Å². The molecule has 0 aliphatic carbocycles. The van der Waals surface area contributed by atoms with E-state index in [4.69, 9.17) is 23.2 Å². The molecule has 1 aromatic carbocycles. The van der Waals surface area contributed by atoms with Crippen LogP contribution in [0.1, 0.15) is 18.1 Å². The van der Waals surface area contributed by atoms with Gasteiger partial charge in [0, 0.05) is 28.7 Å². The van der Waals surface area contributed by atoms with Crippen molar-refractivity contribution in [2.24, 2.45) is 0 Å². The van der Waals surface area contributed by atoms with E-state index in [1.807, 2.05) is 0 Å². The van der Waals surface area contributed by atoms with Crippen molar-refractivity contribution in [3.05, 3.63) is 33.8 Å². The molecule has 1 atom stereocenters. The quantitative estimate of drug-likeness (QED) is 0.815. The van der Waals surface area contributed by atoms with Crippen molar-refractivity contribution in [1.82, 2.24) is 5.32 Å². The molecule has 0 aromatic heterocycles. The van der Waals surface area contributed by atoms with E-state index in [1.54, 1.807) is 6.07 Å². The maximum absolute atomic E-state index is 11.9. The Balaban J connectivity index is 2.45. The number of hydrogen-bond donors (Lipinski definition) is 2. The molecule has 0 spiro atoms. The molecule has 18 heavy (non-hydrogen) atoms. The SMILES string of the molecule is OC(CNCCC(F)(F)F)c1cc(Cl)ccc1Cl. The average molecular weight is 302 g/mol. The van der Waals surface area contributed by atoms with Crippen LogP contribution in [0, 0.1) is 0 Å². The smallest absolute Gasteiger partial charge is 0.387 e. The van der Waals surface area contributed by atoms with Crippen LogP contribution >= 0.6 is 23.2 Å². The number of hydrogen-bond acceptors (Lipinski definition) is 2. The van der Waals surface area contributed by atoms with Gasteiger partial charge in [-0.15, -0.1) is 0 Å². The lowest BCUT2D eigenvalue weighted by Gasteiger charge is -2.14. The summed E-state index contributed by atoms with van der Waals surface area (Å²) in [5, 5.41) is 13.0. The Morgan fingerprint density at radius 1 is 1.28 bits per heavy atom. The molecule has 0 aliphatic heterocycles. The Kier molecular flexibility index (Phi) is 5.72. The Bertz CT molecular complexity index is 398. The second kappa shape index (κ2) is 6.61. The van der Waals surface area contributed by atoms with Gasteiger partial charge in [-0.1, -0.05) is 23.2 Å². The fraction of sp³-hybridized carbons (Fsp3) is 0.455.